The average Bonchev–Trinajstić information content (AvgIpc) is 2.25. The molecule has 0 saturated heterocycles. The smallest absolute Gasteiger partial charge is 0.294 e. The van der Waals surface area contributed by atoms with E-state index in [1.165, 1.54) is 0 Å². The first-order valence-corrected chi connectivity index (χ1v) is 8.54. The SMILES string of the molecule is CCCCC1(S(=O)(=O)O)C=C(S(=O)(=O)O)C=CC1N. The molecule has 1 rings (SSSR count). The average molecular weight is 311 g/mol. The minimum atomic E-state index is -4.63. The van der Waals surface area contributed by atoms with Crippen molar-refractivity contribution in [1.82, 2.24) is 0 Å². The molecule has 0 heterocycles. The maximum atomic E-state index is 11.6. The van der Waals surface area contributed by atoms with Crippen LogP contribution in [0.5, 0.6) is 0 Å². The largest absolute Gasteiger partial charge is 0.323 e. The van der Waals surface area contributed by atoms with Gasteiger partial charge in [0, 0.05) is 6.04 Å². The lowest BCUT2D eigenvalue weighted by atomic mass is 9.89. The van der Waals surface area contributed by atoms with Crippen LogP contribution in [0.1, 0.15) is 26.2 Å². The van der Waals surface area contributed by atoms with Gasteiger partial charge in [-0.05, 0) is 18.6 Å². The third-order valence-electron chi connectivity index (χ3n) is 3.12. The van der Waals surface area contributed by atoms with Crippen molar-refractivity contribution < 1.29 is 25.9 Å². The van der Waals surface area contributed by atoms with Gasteiger partial charge in [0.25, 0.3) is 20.2 Å². The molecule has 0 radical (unpaired) electrons. The Morgan fingerprint density at radius 2 is 1.89 bits per heavy atom. The lowest BCUT2D eigenvalue weighted by Crippen LogP contribution is -2.52. The van der Waals surface area contributed by atoms with Crippen LogP contribution in [0.3, 0.4) is 0 Å². The summed E-state index contributed by atoms with van der Waals surface area (Å²) in [7, 11) is -9.19. The molecule has 9 heteroatoms. The van der Waals surface area contributed by atoms with E-state index < -0.39 is 35.9 Å². The normalized spacial score (nSPS) is 28.2. The van der Waals surface area contributed by atoms with E-state index in [1.54, 1.807) is 0 Å². The summed E-state index contributed by atoms with van der Waals surface area (Å²) in [6, 6.07) is -1.08. The molecule has 0 amide bonds. The maximum Gasteiger partial charge on any atom is 0.294 e. The molecule has 0 aromatic heterocycles. The molecular weight excluding hydrogens is 294 g/mol. The molecular formula is C10H17NO6S2. The van der Waals surface area contributed by atoms with Crippen LogP contribution in [0.4, 0.5) is 0 Å². The fraction of sp³-hybridized carbons (Fsp3) is 0.600. The van der Waals surface area contributed by atoms with Crippen LogP contribution in [-0.4, -0.2) is 36.7 Å². The predicted molar refractivity (Wildman–Crippen MR) is 70.6 cm³/mol. The molecule has 2 unspecified atom stereocenters. The molecule has 0 aliphatic heterocycles. The summed E-state index contributed by atoms with van der Waals surface area (Å²) >= 11 is 0. The van der Waals surface area contributed by atoms with Gasteiger partial charge in [-0.25, -0.2) is 0 Å². The second-order valence-corrected chi connectivity index (χ2v) is 7.57. The second-order valence-electron chi connectivity index (χ2n) is 4.44. The number of nitrogens with two attached hydrogens (primary N) is 1. The monoisotopic (exact) mass is 311 g/mol. The van der Waals surface area contributed by atoms with Crippen LogP contribution in [0, 0.1) is 0 Å². The van der Waals surface area contributed by atoms with Gasteiger partial charge in [-0.1, -0.05) is 25.8 Å². The number of rotatable bonds is 5. The van der Waals surface area contributed by atoms with Crippen LogP contribution >= 0.6 is 0 Å². The van der Waals surface area contributed by atoms with Crippen LogP contribution in [0.25, 0.3) is 0 Å². The standard InChI is InChI=1S/C10H17NO6S2/c1-2-3-6-10(19(15,16)17)7-8(18(12,13)14)4-5-9(10)11/h4-5,7,9H,2-3,6,11H2,1H3,(H,12,13,14)(H,15,16,17). The van der Waals surface area contributed by atoms with Crippen LogP contribution < -0.4 is 5.73 Å². The lowest BCUT2D eigenvalue weighted by molar-refractivity contribution is 0.413. The molecule has 0 saturated carbocycles. The maximum absolute atomic E-state index is 11.6. The van der Waals surface area contributed by atoms with E-state index in [0.717, 1.165) is 18.2 Å². The van der Waals surface area contributed by atoms with Crippen molar-refractivity contribution in [3.8, 4) is 0 Å². The fourth-order valence-electron chi connectivity index (χ4n) is 1.97. The molecule has 0 aromatic carbocycles. The van der Waals surface area contributed by atoms with Crippen molar-refractivity contribution in [2.75, 3.05) is 0 Å². The van der Waals surface area contributed by atoms with E-state index in [2.05, 4.69) is 0 Å². The Morgan fingerprint density at radius 3 is 2.32 bits per heavy atom. The fourth-order valence-corrected chi connectivity index (χ4v) is 3.76. The summed E-state index contributed by atoms with van der Waals surface area (Å²) < 4.78 is 61.9. The second kappa shape index (κ2) is 5.33. The summed E-state index contributed by atoms with van der Waals surface area (Å²) in [4.78, 5) is -0.581. The highest BCUT2D eigenvalue weighted by Crippen LogP contribution is 2.34. The molecule has 2 atom stereocenters. The predicted octanol–water partition coefficient (Wildman–Crippen LogP) is 0.472. The van der Waals surface area contributed by atoms with Gasteiger partial charge in [-0.2, -0.15) is 16.8 Å². The van der Waals surface area contributed by atoms with Gasteiger partial charge in [0.1, 0.15) is 4.75 Å². The first-order chi connectivity index (χ1) is 8.54. The number of allylic oxidation sites excluding steroid dienone is 1. The van der Waals surface area contributed by atoms with Gasteiger partial charge in [-0.3, -0.25) is 9.11 Å². The minimum Gasteiger partial charge on any atom is -0.323 e. The first-order valence-electron chi connectivity index (χ1n) is 5.66. The van der Waals surface area contributed by atoms with Crippen LogP contribution in [-0.2, 0) is 20.2 Å². The van der Waals surface area contributed by atoms with Gasteiger partial charge in [0.05, 0.1) is 4.91 Å². The van der Waals surface area contributed by atoms with E-state index in [4.69, 9.17) is 10.3 Å². The first kappa shape index (κ1) is 16.3. The Kier molecular flexibility index (Phi) is 4.58. The van der Waals surface area contributed by atoms with E-state index in [0.29, 0.717) is 12.8 Å². The molecule has 1 aliphatic carbocycles. The van der Waals surface area contributed by atoms with Crippen molar-refractivity contribution in [2.24, 2.45) is 5.73 Å². The lowest BCUT2D eigenvalue weighted by Gasteiger charge is -2.34. The quantitative estimate of drug-likeness (QED) is 0.628. The van der Waals surface area contributed by atoms with Crippen molar-refractivity contribution in [3.05, 3.63) is 23.1 Å². The minimum absolute atomic E-state index is 0.0349. The number of hydrogen-bond donors (Lipinski definition) is 3. The summed E-state index contributed by atoms with van der Waals surface area (Å²) in [5, 5.41) is 0. The van der Waals surface area contributed by atoms with Gasteiger partial charge in [-0.15, -0.1) is 0 Å². The molecule has 0 spiro atoms. The molecule has 4 N–H and O–H groups in total. The zero-order valence-electron chi connectivity index (χ0n) is 10.4. The highest BCUT2D eigenvalue weighted by molar-refractivity contribution is 7.90. The van der Waals surface area contributed by atoms with Crippen molar-refractivity contribution >= 4 is 20.2 Å². The molecule has 19 heavy (non-hydrogen) atoms. The molecule has 1 aliphatic rings. The molecule has 0 bridgehead atoms. The van der Waals surface area contributed by atoms with Gasteiger partial charge in [0.2, 0.25) is 0 Å². The van der Waals surface area contributed by atoms with E-state index in [1.807, 2.05) is 6.92 Å². The number of unbranched alkanes of at least 4 members (excludes halogenated alkanes) is 1. The van der Waals surface area contributed by atoms with E-state index >= 15 is 0 Å². The Hall–Kier alpha value is -0.740. The van der Waals surface area contributed by atoms with E-state index in [9.17, 15) is 21.4 Å². The van der Waals surface area contributed by atoms with Crippen molar-refractivity contribution in [2.45, 2.75) is 37.0 Å². The Balaban J connectivity index is 3.44. The van der Waals surface area contributed by atoms with E-state index in [-0.39, 0.29) is 6.42 Å². The zero-order chi connectivity index (χ0) is 14.9. The molecule has 110 valence electrons. The molecule has 7 nitrogen and oxygen atoms in total. The van der Waals surface area contributed by atoms with Crippen molar-refractivity contribution in [1.29, 1.82) is 0 Å². The Labute approximate surface area is 112 Å². The van der Waals surface area contributed by atoms with Crippen LogP contribution in [0.2, 0.25) is 0 Å². The zero-order valence-corrected chi connectivity index (χ0v) is 12.0. The Bertz CT molecular complexity index is 604. The molecule has 0 aromatic rings. The third-order valence-corrected chi connectivity index (χ3v) is 5.52. The highest BCUT2D eigenvalue weighted by atomic mass is 32.2. The number of hydrogen-bond acceptors (Lipinski definition) is 5. The third kappa shape index (κ3) is 3.23. The molecule has 0 fully saturated rings. The summed E-state index contributed by atoms with van der Waals surface area (Å²) in [6.07, 6.45) is 4.02. The van der Waals surface area contributed by atoms with Gasteiger partial charge in [0.15, 0.2) is 0 Å². The summed E-state index contributed by atoms with van der Waals surface area (Å²) in [5.41, 5.74) is 5.70. The Morgan fingerprint density at radius 1 is 1.32 bits per heavy atom. The topological polar surface area (TPSA) is 135 Å². The van der Waals surface area contributed by atoms with Gasteiger partial charge >= 0.3 is 0 Å². The van der Waals surface area contributed by atoms with Crippen molar-refractivity contribution in [3.63, 3.8) is 0 Å². The highest BCUT2D eigenvalue weighted by Gasteiger charge is 2.47. The summed E-state index contributed by atoms with van der Waals surface area (Å²) in [5.74, 6) is 0. The van der Waals surface area contributed by atoms with Gasteiger partial charge < -0.3 is 5.73 Å². The van der Waals surface area contributed by atoms with Crippen LogP contribution in [0.15, 0.2) is 23.1 Å². The summed E-state index contributed by atoms with van der Waals surface area (Å²) in [6.45, 7) is 1.81.